The van der Waals surface area contributed by atoms with E-state index in [1.165, 1.54) is 0 Å². The summed E-state index contributed by atoms with van der Waals surface area (Å²) < 4.78 is 1.90. The third-order valence-corrected chi connectivity index (χ3v) is 6.15. The zero-order valence-corrected chi connectivity index (χ0v) is 18.6. The van der Waals surface area contributed by atoms with E-state index < -0.39 is 0 Å². The van der Waals surface area contributed by atoms with Gasteiger partial charge >= 0.3 is 0 Å². The number of hydrogen-bond acceptors (Lipinski definition) is 4. The monoisotopic (exact) mass is 467 g/mol. The van der Waals surface area contributed by atoms with Gasteiger partial charge in [-0.3, -0.25) is 9.69 Å². The van der Waals surface area contributed by atoms with Crippen molar-refractivity contribution in [2.75, 3.05) is 31.1 Å². The Balaban J connectivity index is 0.00000261. The molecule has 0 unspecified atom stereocenters. The van der Waals surface area contributed by atoms with Crippen molar-refractivity contribution in [3.8, 4) is 0 Å². The van der Waals surface area contributed by atoms with Gasteiger partial charge in [0.05, 0.1) is 15.8 Å². The third kappa shape index (κ3) is 5.08. The topological polar surface area (TPSA) is 36.4 Å². The molecule has 3 rings (SSSR count). The molecule has 0 atom stereocenters. The summed E-state index contributed by atoms with van der Waals surface area (Å²) in [4.78, 5) is 22.1. The van der Waals surface area contributed by atoms with E-state index in [0.29, 0.717) is 12.1 Å². The zero-order valence-electron chi connectivity index (χ0n) is 15.4. The minimum absolute atomic E-state index is 0. The molecule has 0 spiro atoms. The highest BCUT2D eigenvalue weighted by atomic mass is 79.9. The van der Waals surface area contributed by atoms with Crippen molar-refractivity contribution in [3.05, 3.63) is 58.6 Å². The lowest BCUT2D eigenvalue weighted by molar-refractivity contribution is 0.0983. The molecule has 0 saturated carbocycles. The standard InChI is InChI=1S/C20H22BrN3OS.ClH/c1-3-23(4-2)13-14-24(19(25)15-9-5-6-10-16(15)21)20-22-17-11-7-8-12-18(17)26-20;/h5-12H,3-4,13-14H2,1-2H3;1H. The van der Waals surface area contributed by atoms with Crippen LogP contribution in [0.5, 0.6) is 0 Å². The van der Waals surface area contributed by atoms with E-state index >= 15 is 0 Å². The van der Waals surface area contributed by atoms with E-state index in [-0.39, 0.29) is 18.3 Å². The predicted octanol–water partition coefficient (Wildman–Crippen LogP) is 5.47. The average Bonchev–Trinajstić information content (AvgIpc) is 3.09. The number of anilines is 1. The number of para-hydroxylation sites is 1. The molecule has 0 bridgehead atoms. The summed E-state index contributed by atoms with van der Waals surface area (Å²) >= 11 is 5.07. The van der Waals surface area contributed by atoms with Gasteiger partial charge in [0.15, 0.2) is 5.13 Å². The van der Waals surface area contributed by atoms with Crippen LogP contribution in [-0.2, 0) is 0 Å². The largest absolute Gasteiger partial charge is 0.302 e. The highest BCUT2D eigenvalue weighted by Crippen LogP contribution is 2.30. The van der Waals surface area contributed by atoms with Gasteiger partial charge in [0.2, 0.25) is 0 Å². The predicted molar refractivity (Wildman–Crippen MR) is 120 cm³/mol. The maximum Gasteiger partial charge on any atom is 0.261 e. The number of carbonyl (C=O) groups is 1. The average molecular weight is 469 g/mol. The first-order valence-electron chi connectivity index (χ1n) is 8.78. The van der Waals surface area contributed by atoms with Gasteiger partial charge < -0.3 is 4.90 Å². The molecule has 1 amide bonds. The summed E-state index contributed by atoms with van der Waals surface area (Å²) in [5.74, 6) is -0.0244. The SMILES string of the molecule is CCN(CC)CCN(C(=O)c1ccccc1Br)c1nc2ccccc2s1.Cl. The Morgan fingerprint density at radius 1 is 1.04 bits per heavy atom. The number of hydrogen-bond donors (Lipinski definition) is 0. The maximum absolute atomic E-state index is 13.3. The Hall–Kier alpha value is -1.47. The van der Waals surface area contributed by atoms with Gasteiger partial charge in [0, 0.05) is 17.6 Å². The highest BCUT2D eigenvalue weighted by molar-refractivity contribution is 9.10. The van der Waals surface area contributed by atoms with E-state index in [4.69, 9.17) is 4.98 Å². The van der Waals surface area contributed by atoms with Crippen LogP contribution in [-0.4, -0.2) is 42.0 Å². The first kappa shape index (κ1) is 21.8. The molecule has 0 radical (unpaired) electrons. The highest BCUT2D eigenvalue weighted by Gasteiger charge is 2.23. The molecule has 0 aliphatic heterocycles. The summed E-state index contributed by atoms with van der Waals surface area (Å²) in [6.07, 6.45) is 0. The molecule has 1 aromatic heterocycles. The van der Waals surface area contributed by atoms with Crippen molar-refractivity contribution < 1.29 is 4.79 Å². The van der Waals surface area contributed by atoms with Crippen LogP contribution < -0.4 is 4.90 Å². The summed E-state index contributed by atoms with van der Waals surface area (Å²) in [6.45, 7) is 7.64. The Kier molecular flexibility index (Phi) is 8.23. The summed E-state index contributed by atoms with van der Waals surface area (Å²) in [7, 11) is 0. The van der Waals surface area contributed by atoms with Gasteiger partial charge in [0.1, 0.15) is 0 Å². The number of carbonyl (C=O) groups excluding carboxylic acids is 1. The number of nitrogens with zero attached hydrogens (tertiary/aromatic N) is 3. The Morgan fingerprint density at radius 3 is 2.37 bits per heavy atom. The number of fused-ring (bicyclic) bond motifs is 1. The Labute approximate surface area is 178 Å². The molecule has 3 aromatic rings. The first-order valence-corrected chi connectivity index (χ1v) is 10.4. The molecular formula is C20H23BrClN3OS. The molecule has 2 aromatic carbocycles. The van der Waals surface area contributed by atoms with E-state index in [1.807, 2.05) is 53.4 Å². The molecule has 27 heavy (non-hydrogen) atoms. The second kappa shape index (κ2) is 10.2. The van der Waals surface area contributed by atoms with Crippen LogP contribution in [0.2, 0.25) is 0 Å². The van der Waals surface area contributed by atoms with Crippen molar-refractivity contribution in [2.45, 2.75) is 13.8 Å². The number of benzene rings is 2. The van der Waals surface area contributed by atoms with Crippen LogP contribution in [0.3, 0.4) is 0 Å². The van der Waals surface area contributed by atoms with Crippen LogP contribution in [0.4, 0.5) is 5.13 Å². The summed E-state index contributed by atoms with van der Waals surface area (Å²) in [5, 5.41) is 0.749. The van der Waals surface area contributed by atoms with E-state index in [0.717, 1.165) is 39.5 Å². The van der Waals surface area contributed by atoms with Gasteiger partial charge in [-0.25, -0.2) is 4.98 Å². The van der Waals surface area contributed by atoms with Crippen molar-refractivity contribution in [1.29, 1.82) is 0 Å². The smallest absolute Gasteiger partial charge is 0.261 e. The second-order valence-corrected chi connectivity index (χ2v) is 7.79. The van der Waals surface area contributed by atoms with Crippen molar-refractivity contribution in [3.63, 3.8) is 0 Å². The minimum Gasteiger partial charge on any atom is -0.302 e. The second-order valence-electron chi connectivity index (χ2n) is 5.93. The molecule has 1 heterocycles. The van der Waals surface area contributed by atoms with Crippen LogP contribution in [0.15, 0.2) is 53.0 Å². The molecular weight excluding hydrogens is 446 g/mol. The fraction of sp³-hybridized carbons (Fsp3) is 0.300. The number of rotatable bonds is 7. The van der Waals surface area contributed by atoms with Crippen LogP contribution in [0.25, 0.3) is 10.2 Å². The lowest BCUT2D eigenvalue weighted by atomic mass is 10.2. The fourth-order valence-electron chi connectivity index (χ4n) is 2.82. The molecule has 144 valence electrons. The van der Waals surface area contributed by atoms with Crippen molar-refractivity contribution >= 4 is 60.9 Å². The lowest BCUT2D eigenvalue weighted by Crippen LogP contribution is -2.39. The van der Waals surface area contributed by atoms with Gasteiger partial charge in [-0.15, -0.1) is 12.4 Å². The maximum atomic E-state index is 13.3. The Morgan fingerprint density at radius 2 is 1.70 bits per heavy atom. The summed E-state index contributed by atoms with van der Waals surface area (Å²) in [5.41, 5.74) is 1.59. The molecule has 7 heteroatoms. The molecule has 0 aliphatic rings. The molecule has 0 aliphatic carbocycles. The molecule has 0 saturated heterocycles. The number of thiazole rings is 1. The van der Waals surface area contributed by atoms with Crippen LogP contribution in [0, 0.1) is 0 Å². The number of halogens is 2. The van der Waals surface area contributed by atoms with Crippen molar-refractivity contribution in [1.82, 2.24) is 9.88 Å². The zero-order chi connectivity index (χ0) is 18.5. The summed E-state index contributed by atoms with van der Waals surface area (Å²) in [6, 6.07) is 15.6. The van der Waals surface area contributed by atoms with Gasteiger partial charge in [-0.1, -0.05) is 49.4 Å². The number of likely N-dealkylation sites (N-methyl/N-ethyl adjacent to an activating group) is 1. The van der Waals surface area contributed by atoms with E-state index in [9.17, 15) is 4.79 Å². The van der Waals surface area contributed by atoms with Gasteiger partial charge in [-0.2, -0.15) is 0 Å². The normalized spacial score (nSPS) is 10.8. The number of amides is 1. The van der Waals surface area contributed by atoms with Crippen LogP contribution >= 0.6 is 39.7 Å². The first-order chi connectivity index (χ1) is 12.6. The molecule has 0 N–H and O–H groups in total. The van der Waals surface area contributed by atoms with Gasteiger partial charge in [-0.05, 0) is 53.3 Å². The minimum atomic E-state index is -0.0244. The third-order valence-electron chi connectivity index (χ3n) is 4.40. The van der Waals surface area contributed by atoms with Crippen molar-refractivity contribution in [2.24, 2.45) is 0 Å². The van der Waals surface area contributed by atoms with E-state index in [1.54, 1.807) is 11.3 Å². The van der Waals surface area contributed by atoms with Crippen LogP contribution in [0.1, 0.15) is 24.2 Å². The molecule has 0 fully saturated rings. The Bertz CT molecular complexity index is 865. The molecule has 4 nitrogen and oxygen atoms in total. The van der Waals surface area contributed by atoms with Gasteiger partial charge in [0.25, 0.3) is 5.91 Å². The quantitative estimate of drug-likeness (QED) is 0.461. The lowest BCUT2D eigenvalue weighted by Gasteiger charge is -2.25. The number of aromatic nitrogens is 1. The van der Waals surface area contributed by atoms with E-state index in [2.05, 4.69) is 34.7 Å². The fourth-order valence-corrected chi connectivity index (χ4v) is 4.27.